The van der Waals surface area contributed by atoms with Gasteiger partial charge in [-0.05, 0) is 103 Å². The second-order valence-corrected chi connectivity index (χ2v) is 17.4. The molecular weight excluding hydrogens is 781 g/mol. The molecule has 1 atom stereocenters. The third-order valence-electron chi connectivity index (χ3n) is 11.2. The van der Waals surface area contributed by atoms with Crippen LogP contribution in [0.4, 0.5) is 0 Å². The zero-order chi connectivity index (χ0) is 45.8. The Labute approximate surface area is 389 Å². The zero-order valence-electron chi connectivity index (χ0n) is 41.3. The molecule has 362 valence electrons. The highest BCUT2D eigenvalue weighted by Crippen LogP contribution is 2.14. The predicted octanol–water partition coefficient (Wildman–Crippen LogP) is 17.4. The van der Waals surface area contributed by atoms with Gasteiger partial charge in [-0.25, -0.2) is 0 Å². The van der Waals surface area contributed by atoms with Crippen molar-refractivity contribution >= 4 is 17.9 Å². The minimum absolute atomic E-state index is 0.0970. The fraction of sp³-hybridized carbons (Fsp3) is 0.737. The second-order valence-electron chi connectivity index (χ2n) is 17.4. The van der Waals surface area contributed by atoms with Crippen LogP contribution in [0.2, 0.25) is 0 Å². The number of hydrogen-bond acceptors (Lipinski definition) is 6. The van der Waals surface area contributed by atoms with Crippen LogP contribution in [0, 0.1) is 0 Å². The van der Waals surface area contributed by atoms with Gasteiger partial charge >= 0.3 is 17.9 Å². The maximum absolute atomic E-state index is 12.8. The third kappa shape index (κ3) is 49.7. The largest absolute Gasteiger partial charge is 0.462 e. The maximum Gasteiger partial charge on any atom is 0.306 e. The van der Waals surface area contributed by atoms with Crippen molar-refractivity contribution < 1.29 is 28.6 Å². The quantitative estimate of drug-likeness (QED) is 0.0262. The van der Waals surface area contributed by atoms with E-state index in [4.69, 9.17) is 14.2 Å². The zero-order valence-corrected chi connectivity index (χ0v) is 41.3. The van der Waals surface area contributed by atoms with E-state index in [-0.39, 0.29) is 37.5 Å². The molecule has 0 spiro atoms. The highest BCUT2D eigenvalue weighted by molar-refractivity contribution is 5.71. The summed E-state index contributed by atoms with van der Waals surface area (Å²) in [6.07, 6.45) is 64.7. The Balaban J connectivity index is 4.41. The van der Waals surface area contributed by atoms with Crippen molar-refractivity contribution in [1.29, 1.82) is 0 Å². The van der Waals surface area contributed by atoms with Crippen LogP contribution < -0.4 is 0 Å². The number of hydrogen-bond donors (Lipinski definition) is 0. The molecule has 0 saturated carbocycles. The van der Waals surface area contributed by atoms with E-state index in [1.807, 2.05) is 0 Å². The summed E-state index contributed by atoms with van der Waals surface area (Å²) in [5, 5.41) is 0. The molecule has 6 nitrogen and oxygen atoms in total. The van der Waals surface area contributed by atoms with Crippen molar-refractivity contribution in [3.63, 3.8) is 0 Å². The lowest BCUT2D eigenvalue weighted by atomic mass is 10.1. The molecule has 0 saturated heterocycles. The van der Waals surface area contributed by atoms with Gasteiger partial charge < -0.3 is 14.2 Å². The molecule has 0 radical (unpaired) electrons. The summed E-state index contributed by atoms with van der Waals surface area (Å²) in [7, 11) is 0. The molecule has 1 unspecified atom stereocenters. The van der Waals surface area contributed by atoms with Crippen molar-refractivity contribution in [2.24, 2.45) is 0 Å². The topological polar surface area (TPSA) is 78.9 Å². The number of carbonyl (C=O) groups is 3. The van der Waals surface area contributed by atoms with E-state index in [9.17, 15) is 14.4 Å². The van der Waals surface area contributed by atoms with Gasteiger partial charge in [-0.15, -0.1) is 0 Å². The van der Waals surface area contributed by atoms with Gasteiger partial charge in [-0.3, -0.25) is 14.4 Å². The van der Waals surface area contributed by atoms with Gasteiger partial charge in [0.15, 0.2) is 6.10 Å². The molecule has 0 aliphatic rings. The van der Waals surface area contributed by atoms with Crippen LogP contribution in [-0.4, -0.2) is 37.2 Å². The molecule has 63 heavy (non-hydrogen) atoms. The van der Waals surface area contributed by atoms with Crippen LogP contribution in [-0.2, 0) is 28.6 Å². The van der Waals surface area contributed by atoms with E-state index in [0.717, 1.165) is 77.0 Å². The highest BCUT2D eigenvalue weighted by Gasteiger charge is 2.19. The summed E-state index contributed by atoms with van der Waals surface area (Å²) in [5.74, 6) is -0.963. The van der Waals surface area contributed by atoms with Crippen LogP contribution in [0.1, 0.15) is 252 Å². The Morgan fingerprint density at radius 3 is 1.08 bits per heavy atom. The van der Waals surface area contributed by atoms with Crippen molar-refractivity contribution in [2.75, 3.05) is 13.2 Å². The Morgan fingerprint density at radius 2 is 0.635 bits per heavy atom. The summed E-state index contributed by atoms with van der Waals surface area (Å²) < 4.78 is 16.7. The monoisotopic (exact) mass is 879 g/mol. The van der Waals surface area contributed by atoms with Gasteiger partial charge in [-0.2, -0.15) is 0 Å². The lowest BCUT2D eigenvalue weighted by Gasteiger charge is -2.18. The van der Waals surface area contributed by atoms with Gasteiger partial charge in [0.1, 0.15) is 13.2 Å². The minimum Gasteiger partial charge on any atom is -0.462 e. The second kappa shape index (κ2) is 51.5. The molecule has 0 amide bonds. The van der Waals surface area contributed by atoms with Crippen LogP contribution in [0.25, 0.3) is 0 Å². The number of esters is 3. The van der Waals surface area contributed by atoms with E-state index in [1.165, 1.54) is 128 Å². The van der Waals surface area contributed by atoms with Gasteiger partial charge in [0.25, 0.3) is 0 Å². The molecule has 0 aliphatic heterocycles. The minimum atomic E-state index is -0.800. The van der Waals surface area contributed by atoms with E-state index >= 15 is 0 Å². The number of carbonyl (C=O) groups excluding carboxylic acids is 3. The molecule has 0 heterocycles. The van der Waals surface area contributed by atoms with Gasteiger partial charge in [-0.1, -0.05) is 203 Å². The first-order valence-electron chi connectivity index (χ1n) is 26.4. The Hall–Kier alpha value is -3.15. The van der Waals surface area contributed by atoms with E-state index in [2.05, 4.69) is 93.7 Å². The lowest BCUT2D eigenvalue weighted by molar-refractivity contribution is -0.167. The summed E-state index contributed by atoms with van der Waals surface area (Å²) in [6.45, 7) is 6.44. The van der Waals surface area contributed by atoms with Crippen LogP contribution in [0.3, 0.4) is 0 Å². The summed E-state index contributed by atoms with van der Waals surface area (Å²) >= 11 is 0. The van der Waals surface area contributed by atoms with Crippen molar-refractivity contribution in [3.05, 3.63) is 72.9 Å². The SMILES string of the molecule is CC/C=C\C/C=C\C/C=C\CCCC(=O)OCC(COC(=O)CCCCCCCCC/C=C\C/C=C\CCCCC)OC(=O)CCCCCCCCC/C=C\CCCCCCCC. The fourth-order valence-electron chi connectivity index (χ4n) is 7.20. The van der Waals surface area contributed by atoms with Gasteiger partial charge in [0.2, 0.25) is 0 Å². The normalized spacial score (nSPS) is 12.6. The van der Waals surface area contributed by atoms with Crippen LogP contribution >= 0.6 is 0 Å². The fourth-order valence-corrected chi connectivity index (χ4v) is 7.20. The first kappa shape index (κ1) is 59.9. The molecule has 0 aromatic carbocycles. The van der Waals surface area contributed by atoms with Gasteiger partial charge in [0, 0.05) is 19.3 Å². The molecular formula is C57H98O6. The number of ether oxygens (including phenoxy) is 3. The van der Waals surface area contributed by atoms with Crippen molar-refractivity contribution in [2.45, 2.75) is 258 Å². The molecule has 0 aromatic heterocycles. The summed E-state index contributed by atoms with van der Waals surface area (Å²) in [6, 6.07) is 0. The van der Waals surface area contributed by atoms with Crippen LogP contribution in [0.5, 0.6) is 0 Å². The molecule has 0 N–H and O–H groups in total. The summed E-state index contributed by atoms with van der Waals surface area (Å²) in [5.41, 5.74) is 0. The maximum atomic E-state index is 12.8. The molecule has 0 fully saturated rings. The Kier molecular flexibility index (Phi) is 48.9. The van der Waals surface area contributed by atoms with E-state index in [1.54, 1.807) is 0 Å². The van der Waals surface area contributed by atoms with E-state index < -0.39 is 6.10 Å². The number of allylic oxidation sites excluding steroid dienone is 12. The predicted molar refractivity (Wildman–Crippen MR) is 270 cm³/mol. The number of rotatable bonds is 47. The van der Waals surface area contributed by atoms with Crippen molar-refractivity contribution in [3.8, 4) is 0 Å². The summed E-state index contributed by atoms with van der Waals surface area (Å²) in [4.78, 5) is 38.0. The molecule has 0 bridgehead atoms. The smallest absolute Gasteiger partial charge is 0.306 e. The molecule has 0 aromatic rings. The standard InChI is InChI=1S/C57H98O6/c1-4-7-10-13-16-19-22-24-26-28-30-32-35-38-41-44-47-50-56(59)62-53-54(52-61-55(58)49-46-43-40-37-34-21-18-15-12-9-6-3)63-57(60)51-48-45-42-39-36-33-31-29-27-25-23-20-17-14-11-8-5-2/h9,12,16,18-19,21,24-27,37,40,54H,4-8,10-11,13-15,17,20,22-23,28-36,38-39,41-53H2,1-3H3/b12-9-,19-16-,21-18-,26-24-,27-25-,40-37-. The molecule has 6 heteroatoms. The number of unbranched alkanes of at least 4 members (excludes halogenated alkanes) is 24. The van der Waals surface area contributed by atoms with Crippen LogP contribution in [0.15, 0.2) is 72.9 Å². The third-order valence-corrected chi connectivity index (χ3v) is 11.2. The van der Waals surface area contributed by atoms with E-state index in [0.29, 0.717) is 19.3 Å². The molecule has 0 rings (SSSR count). The Morgan fingerprint density at radius 1 is 0.333 bits per heavy atom. The highest BCUT2D eigenvalue weighted by atomic mass is 16.6. The average Bonchev–Trinajstić information content (AvgIpc) is 3.28. The molecule has 0 aliphatic carbocycles. The van der Waals surface area contributed by atoms with Crippen molar-refractivity contribution in [1.82, 2.24) is 0 Å². The Bertz CT molecular complexity index is 1190. The van der Waals surface area contributed by atoms with Gasteiger partial charge in [0.05, 0.1) is 0 Å². The first-order chi connectivity index (χ1) is 31.0. The first-order valence-corrected chi connectivity index (χ1v) is 26.4. The average molecular weight is 879 g/mol. The lowest BCUT2D eigenvalue weighted by Crippen LogP contribution is -2.30.